The molecule has 1 aliphatic heterocycles. The Morgan fingerprint density at radius 1 is 1.08 bits per heavy atom. The van der Waals surface area contributed by atoms with Crippen molar-refractivity contribution in [3.8, 4) is 11.5 Å². The quantitative estimate of drug-likeness (QED) is 0.210. The van der Waals surface area contributed by atoms with E-state index in [0.717, 1.165) is 62.5 Å². The summed E-state index contributed by atoms with van der Waals surface area (Å²) in [5.74, 6) is 0.0286. The van der Waals surface area contributed by atoms with Gasteiger partial charge in [-0.2, -0.15) is 18.2 Å². The first kappa shape index (κ1) is 38.9. The Labute approximate surface area is 302 Å². The van der Waals surface area contributed by atoms with Crippen molar-refractivity contribution < 1.29 is 40.6 Å². The highest BCUT2D eigenvalue weighted by atomic mass is 32.2. The van der Waals surface area contributed by atoms with Gasteiger partial charge in [-0.05, 0) is 68.4 Å². The third kappa shape index (κ3) is 9.54. The van der Waals surface area contributed by atoms with Crippen LogP contribution in [0.1, 0.15) is 54.1 Å². The molecular formula is C35H46F3N7O6S. The van der Waals surface area contributed by atoms with Crippen LogP contribution in [-0.2, 0) is 27.5 Å². The van der Waals surface area contributed by atoms with E-state index < -0.39 is 27.6 Å². The first-order valence-corrected chi connectivity index (χ1v) is 18.9. The molecule has 0 spiro atoms. The average molecular weight is 750 g/mol. The second kappa shape index (κ2) is 16.5. The summed E-state index contributed by atoms with van der Waals surface area (Å²) < 4.78 is 83.9. The number of rotatable bonds is 13. The van der Waals surface area contributed by atoms with Crippen LogP contribution in [0.15, 0.2) is 42.6 Å². The summed E-state index contributed by atoms with van der Waals surface area (Å²) in [6.07, 6.45) is 1.10. The van der Waals surface area contributed by atoms with E-state index >= 15 is 0 Å². The zero-order valence-electron chi connectivity index (χ0n) is 29.9. The van der Waals surface area contributed by atoms with Gasteiger partial charge in [0.15, 0.2) is 0 Å². The summed E-state index contributed by atoms with van der Waals surface area (Å²) in [6, 6.07) is 9.84. The number of nitrogens with zero attached hydrogens (tertiary/aromatic N) is 4. The van der Waals surface area contributed by atoms with Crippen molar-refractivity contribution in [2.24, 2.45) is 5.92 Å². The number of ether oxygens (including phenoxy) is 3. The number of amides is 1. The fourth-order valence-electron chi connectivity index (χ4n) is 6.63. The van der Waals surface area contributed by atoms with Gasteiger partial charge in [-0.3, -0.25) is 14.0 Å². The van der Waals surface area contributed by atoms with Crippen molar-refractivity contribution in [2.75, 3.05) is 68.8 Å². The van der Waals surface area contributed by atoms with Gasteiger partial charge in [-0.25, -0.2) is 13.4 Å². The molecule has 17 heteroatoms. The number of benzene rings is 2. The molecule has 1 aliphatic carbocycles. The number of aromatic nitrogens is 2. The molecule has 1 aromatic heterocycles. The average Bonchev–Trinajstić information content (AvgIpc) is 3.13. The smallest absolute Gasteiger partial charge is 0.421 e. The number of carbonyl (C=O) groups excluding carboxylic acids is 1. The van der Waals surface area contributed by atoms with E-state index in [1.54, 1.807) is 30.3 Å². The van der Waals surface area contributed by atoms with E-state index in [0.29, 0.717) is 40.7 Å². The summed E-state index contributed by atoms with van der Waals surface area (Å²) in [5, 5.41) is 8.72. The Morgan fingerprint density at radius 3 is 2.42 bits per heavy atom. The summed E-state index contributed by atoms with van der Waals surface area (Å²) >= 11 is 0. The highest BCUT2D eigenvalue weighted by Crippen LogP contribution is 2.36. The number of alkyl halides is 3. The Kier molecular flexibility index (Phi) is 12.4. The number of methoxy groups -OCH3 is 2. The van der Waals surface area contributed by atoms with Gasteiger partial charge < -0.3 is 30.2 Å². The molecule has 284 valence electrons. The Balaban J connectivity index is 1.28. The number of sulfonamides is 1. The van der Waals surface area contributed by atoms with Crippen LogP contribution < -0.4 is 29.7 Å². The van der Waals surface area contributed by atoms with Gasteiger partial charge in [0.05, 0.1) is 45.1 Å². The number of hydrogen-bond donors (Lipinski definition) is 3. The fraction of sp³-hybridized carbons (Fsp3) is 0.514. The van der Waals surface area contributed by atoms with Crippen molar-refractivity contribution in [3.63, 3.8) is 0 Å². The van der Waals surface area contributed by atoms with Crippen LogP contribution >= 0.6 is 0 Å². The van der Waals surface area contributed by atoms with Crippen molar-refractivity contribution in [2.45, 2.75) is 57.4 Å². The molecule has 0 unspecified atom stereocenters. The summed E-state index contributed by atoms with van der Waals surface area (Å²) in [7, 11) is 0.469. The lowest BCUT2D eigenvalue weighted by molar-refractivity contribution is -0.137. The normalized spacial score (nSPS) is 19.0. The van der Waals surface area contributed by atoms with Crippen LogP contribution in [0.3, 0.4) is 0 Å². The Morgan fingerprint density at radius 2 is 1.79 bits per heavy atom. The van der Waals surface area contributed by atoms with E-state index in [1.807, 2.05) is 6.92 Å². The molecule has 2 fully saturated rings. The maximum atomic E-state index is 14.0. The monoisotopic (exact) mass is 749 g/mol. The summed E-state index contributed by atoms with van der Waals surface area (Å²) in [4.78, 5) is 23.8. The molecule has 0 radical (unpaired) electrons. The minimum atomic E-state index is -4.79. The molecule has 0 bridgehead atoms. The molecule has 3 aromatic rings. The van der Waals surface area contributed by atoms with Gasteiger partial charge in [0.1, 0.15) is 22.9 Å². The molecule has 2 aliphatic rings. The first-order valence-electron chi connectivity index (χ1n) is 17.0. The zero-order valence-corrected chi connectivity index (χ0v) is 30.7. The second-order valence-electron chi connectivity index (χ2n) is 13.1. The molecule has 1 saturated heterocycles. The zero-order chi connectivity index (χ0) is 37.6. The van der Waals surface area contributed by atoms with E-state index in [2.05, 4.69) is 30.8 Å². The molecule has 13 nitrogen and oxygen atoms in total. The largest absolute Gasteiger partial charge is 0.497 e. The highest BCUT2D eigenvalue weighted by Gasteiger charge is 2.36. The number of halogens is 3. The van der Waals surface area contributed by atoms with Crippen LogP contribution in [-0.4, -0.2) is 95.1 Å². The van der Waals surface area contributed by atoms with Crippen LogP contribution in [0.4, 0.5) is 36.3 Å². The molecule has 1 amide bonds. The van der Waals surface area contributed by atoms with Crippen molar-refractivity contribution in [1.82, 2.24) is 20.2 Å². The van der Waals surface area contributed by atoms with Crippen molar-refractivity contribution >= 4 is 39.1 Å². The van der Waals surface area contributed by atoms with Crippen LogP contribution in [0.25, 0.3) is 0 Å². The molecule has 2 aromatic carbocycles. The highest BCUT2D eigenvalue weighted by molar-refractivity contribution is 7.92. The third-order valence-electron chi connectivity index (χ3n) is 9.75. The van der Waals surface area contributed by atoms with E-state index in [1.165, 1.54) is 27.3 Å². The van der Waals surface area contributed by atoms with Crippen molar-refractivity contribution in [1.29, 1.82) is 0 Å². The Hall–Kier alpha value is -4.35. The predicted octanol–water partition coefficient (Wildman–Crippen LogP) is 5.27. The van der Waals surface area contributed by atoms with E-state index in [9.17, 15) is 26.4 Å². The summed E-state index contributed by atoms with van der Waals surface area (Å²) in [5.41, 5.74) is 0.162. The molecule has 1 saturated carbocycles. The van der Waals surface area contributed by atoms with Crippen molar-refractivity contribution in [3.05, 3.63) is 59.3 Å². The molecule has 52 heavy (non-hydrogen) atoms. The molecule has 3 N–H and O–H groups in total. The van der Waals surface area contributed by atoms with Gasteiger partial charge in [0, 0.05) is 56.6 Å². The van der Waals surface area contributed by atoms with E-state index in [4.69, 9.17) is 14.2 Å². The van der Waals surface area contributed by atoms with Crippen LogP contribution in [0.5, 0.6) is 11.5 Å². The minimum absolute atomic E-state index is 0.0332. The molecule has 5 rings (SSSR count). The predicted molar refractivity (Wildman–Crippen MR) is 192 cm³/mol. The molecular weight excluding hydrogens is 703 g/mol. The van der Waals surface area contributed by atoms with Gasteiger partial charge in [-0.1, -0.05) is 6.07 Å². The van der Waals surface area contributed by atoms with Gasteiger partial charge >= 0.3 is 6.18 Å². The lowest BCUT2D eigenvalue weighted by Crippen LogP contribution is -2.47. The Bertz CT molecular complexity index is 1820. The topological polar surface area (TPSA) is 147 Å². The third-order valence-corrected chi connectivity index (χ3v) is 10.9. The van der Waals surface area contributed by atoms with Gasteiger partial charge in [0.25, 0.3) is 5.91 Å². The standard InChI is InChI=1S/C35H46F3N7O6S/c1-22(23-6-10-26(11-7-23)45-14-16-51-17-15-45)41-33(46)24-9-13-29(31(18-24)50-4)42-34-40-21-28(35(36,37)38)32(43-34)39-20-25-8-12-27(49-3)19-30(25)44(2)52(5,47)48/h8-9,12-13,18-19,21-23,26H,6-7,10-11,14-17,20H2,1-5H3,(H,41,46)(H2,39,40,42,43)/t22-,23?,26?/m1/s1. The van der Waals surface area contributed by atoms with Crippen LogP contribution in [0, 0.1) is 5.92 Å². The lowest BCUT2D eigenvalue weighted by atomic mass is 9.81. The number of hydrogen-bond acceptors (Lipinski definition) is 11. The lowest BCUT2D eigenvalue weighted by Gasteiger charge is -2.40. The second-order valence-corrected chi connectivity index (χ2v) is 15.1. The number of morpholine rings is 1. The number of anilines is 4. The SMILES string of the molecule is COc1ccc(CNc2nc(Nc3ccc(C(=O)N[C@H](C)C4CCC(N5CCOCC5)CC4)cc3OC)ncc2C(F)(F)F)c(N(C)S(C)(=O)=O)c1. The molecule has 1 atom stereocenters. The number of nitrogens with one attached hydrogen (secondary N) is 3. The number of carbonyl (C=O) groups is 1. The fourth-order valence-corrected chi connectivity index (χ4v) is 7.16. The maximum Gasteiger partial charge on any atom is 0.421 e. The minimum Gasteiger partial charge on any atom is -0.497 e. The molecule has 2 heterocycles. The maximum absolute atomic E-state index is 14.0. The van der Waals surface area contributed by atoms with Gasteiger partial charge in [-0.15, -0.1) is 0 Å². The van der Waals surface area contributed by atoms with Crippen LogP contribution in [0.2, 0.25) is 0 Å². The van der Waals surface area contributed by atoms with E-state index in [-0.39, 0.29) is 35.9 Å². The van der Waals surface area contributed by atoms with Gasteiger partial charge in [0.2, 0.25) is 16.0 Å². The first-order chi connectivity index (χ1) is 24.7. The summed E-state index contributed by atoms with van der Waals surface area (Å²) in [6.45, 7) is 5.31.